The summed E-state index contributed by atoms with van der Waals surface area (Å²) in [6, 6.07) is 17.8. The first-order chi connectivity index (χ1) is 9.75. The fraction of sp³-hybridized carbons (Fsp3) is 0.125. The Balaban J connectivity index is 1.61. The number of carbonyl (C=O) groups excluding carboxylic acids is 2. The second-order valence-electron chi connectivity index (χ2n) is 4.46. The van der Waals surface area contributed by atoms with E-state index in [0.717, 1.165) is 5.56 Å². The Labute approximate surface area is 115 Å². The van der Waals surface area contributed by atoms with Crippen LogP contribution in [0, 0.1) is 0 Å². The van der Waals surface area contributed by atoms with Crippen molar-refractivity contribution < 1.29 is 19.1 Å². The van der Waals surface area contributed by atoms with Gasteiger partial charge in [0.15, 0.2) is 6.10 Å². The largest absolute Gasteiger partial charge is 0.387 e. The Morgan fingerprint density at radius 1 is 0.900 bits per heavy atom. The Morgan fingerprint density at radius 3 is 2.15 bits per heavy atom. The molecule has 0 bridgehead atoms. The molecule has 0 amide bonds. The lowest BCUT2D eigenvalue weighted by Gasteiger charge is -2.00. The molecule has 0 spiro atoms. The van der Waals surface area contributed by atoms with Crippen LogP contribution in [-0.2, 0) is 14.3 Å². The van der Waals surface area contributed by atoms with Gasteiger partial charge in [0.05, 0.1) is 5.56 Å². The smallest absolute Gasteiger partial charge is 0.346 e. The van der Waals surface area contributed by atoms with Gasteiger partial charge in [0.25, 0.3) is 0 Å². The molecule has 2 aromatic carbocycles. The van der Waals surface area contributed by atoms with E-state index in [1.54, 1.807) is 30.3 Å². The molecule has 0 aliphatic carbocycles. The summed E-state index contributed by atoms with van der Waals surface area (Å²) in [6.07, 6.45) is -1.00. The standard InChI is InChI=1S/C16H12O4/c17-15(12-9-5-2-6-10-12)20-16(18)14-13(19-14)11-7-3-1-4-8-11/h1-10,13-14H. The third-order valence-corrected chi connectivity index (χ3v) is 3.05. The number of ether oxygens (including phenoxy) is 2. The summed E-state index contributed by atoms with van der Waals surface area (Å²) >= 11 is 0. The van der Waals surface area contributed by atoms with Gasteiger partial charge in [-0.2, -0.15) is 0 Å². The van der Waals surface area contributed by atoms with E-state index < -0.39 is 18.0 Å². The van der Waals surface area contributed by atoms with Gasteiger partial charge >= 0.3 is 11.9 Å². The predicted octanol–water partition coefficient (Wildman–Crippen LogP) is 2.51. The monoisotopic (exact) mass is 268 g/mol. The number of carbonyl (C=O) groups is 2. The number of rotatable bonds is 3. The van der Waals surface area contributed by atoms with Gasteiger partial charge in [-0.05, 0) is 17.7 Å². The Hall–Kier alpha value is -2.46. The van der Waals surface area contributed by atoms with Crippen LogP contribution < -0.4 is 0 Å². The van der Waals surface area contributed by atoms with E-state index in [-0.39, 0.29) is 6.10 Å². The lowest BCUT2D eigenvalue weighted by molar-refractivity contribution is -0.139. The molecule has 20 heavy (non-hydrogen) atoms. The van der Waals surface area contributed by atoms with Crippen LogP contribution in [0.2, 0.25) is 0 Å². The van der Waals surface area contributed by atoms with Gasteiger partial charge in [-0.25, -0.2) is 9.59 Å². The van der Waals surface area contributed by atoms with Crippen LogP contribution in [0.1, 0.15) is 22.0 Å². The number of hydrogen-bond acceptors (Lipinski definition) is 4. The molecule has 2 atom stereocenters. The van der Waals surface area contributed by atoms with Crippen molar-refractivity contribution in [3.8, 4) is 0 Å². The van der Waals surface area contributed by atoms with Crippen LogP contribution >= 0.6 is 0 Å². The lowest BCUT2D eigenvalue weighted by atomic mass is 10.1. The van der Waals surface area contributed by atoms with Crippen molar-refractivity contribution in [2.24, 2.45) is 0 Å². The molecular formula is C16H12O4. The minimum Gasteiger partial charge on any atom is -0.387 e. The number of epoxide rings is 1. The maximum atomic E-state index is 11.8. The summed E-state index contributed by atoms with van der Waals surface area (Å²) in [6.45, 7) is 0. The van der Waals surface area contributed by atoms with Gasteiger partial charge in [0, 0.05) is 0 Å². The number of hydrogen-bond donors (Lipinski definition) is 0. The van der Waals surface area contributed by atoms with E-state index in [1.807, 2.05) is 30.3 Å². The molecule has 3 rings (SSSR count). The fourth-order valence-corrected chi connectivity index (χ4v) is 1.97. The molecule has 1 heterocycles. The summed E-state index contributed by atoms with van der Waals surface area (Å²) in [5.41, 5.74) is 1.25. The van der Waals surface area contributed by atoms with Crippen molar-refractivity contribution in [2.45, 2.75) is 12.2 Å². The average molecular weight is 268 g/mol. The normalized spacial score (nSPS) is 20.2. The molecule has 0 N–H and O–H groups in total. The first-order valence-corrected chi connectivity index (χ1v) is 6.27. The van der Waals surface area contributed by atoms with E-state index in [1.165, 1.54) is 0 Å². The van der Waals surface area contributed by atoms with Gasteiger partial charge in [0.2, 0.25) is 0 Å². The molecule has 1 aliphatic heterocycles. The summed E-state index contributed by atoms with van der Waals surface area (Å²) in [4.78, 5) is 23.5. The minimum atomic E-state index is -0.690. The SMILES string of the molecule is O=C(OC(=O)C1OC1c1ccccc1)c1ccccc1. The molecule has 1 saturated heterocycles. The van der Waals surface area contributed by atoms with Crippen LogP contribution in [-0.4, -0.2) is 18.0 Å². The highest BCUT2D eigenvalue weighted by Gasteiger charge is 2.48. The molecule has 100 valence electrons. The first-order valence-electron chi connectivity index (χ1n) is 6.27. The Kier molecular flexibility index (Phi) is 3.31. The van der Waals surface area contributed by atoms with E-state index in [0.29, 0.717) is 5.56 Å². The molecule has 0 radical (unpaired) electrons. The van der Waals surface area contributed by atoms with Crippen LogP contribution in [0.25, 0.3) is 0 Å². The second kappa shape index (κ2) is 5.27. The zero-order chi connectivity index (χ0) is 13.9. The molecule has 2 unspecified atom stereocenters. The topological polar surface area (TPSA) is 55.9 Å². The van der Waals surface area contributed by atoms with Crippen molar-refractivity contribution in [1.29, 1.82) is 0 Å². The molecule has 1 aliphatic rings. The van der Waals surface area contributed by atoms with Gasteiger partial charge in [-0.3, -0.25) is 0 Å². The first kappa shape index (κ1) is 12.6. The van der Waals surface area contributed by atoms with E-state index in [9.17, 15) is 9.59 Å². The highest BCUT2D eigenvalue weighted by Crippen LogP contribution is 2.39. The predicted molar refractivity (Wildman–Crippen MR) is 70.9 cm³/mol. The van der Waals surface area contributed by atoms with E-state index >= 15 is 0 Å². The highest BCUT2D eigenvalue weighted by atomic mass is 16.7. The van der Waals surface area contributed by atoms with Crippen molar-refractivity contribution in [1.82, 2.24) is 0 Å². The summed E-state index contributed by atoms with van der Waals surface area (Å²) in [5.74, 6) is -1.30. The van der Waals surface area contributed by atoms with Gasteiger partial charge in [0.1, 0.15) is 6.10 Å². The van der Waals surface area contributed by atoms with Crippen molar-refractivity contribution >= 4 is 11.9 Å². The maximum absolute atomic E-state index is 11.8. The molecule has 0 saturated carbocycles. The summed E-state index contributed by atoms with van der Waals surface area (Å²) < 4.78 is 10.1. The zero-order valence-electron chi connectivity index (χ0n) is 10.6. The molecule has 4 nitrogen and oxygen atoms in total. The Bertz CT molecular complexity index is 621. The molecule has 0 aromatic heterocycles. The third-order valence-electron chi connectivity index (χ3n) is 3.05. The summed E-state index contributed by atoms with van der Waals surface area (Å²) in [7, 11) is 0. The fourth-order valence-electron chi connectivity index (χ4n) is 1.97. The average Bonchev–Trinajstić information content (AvgIpc) is 3.29. The molecule has 4 heteroatoms. The van der Waals surface area contributed by atoms with Crippen LogP contribution in [0.5, 0.6) is 0 Å². The molecule has 2 aromatic rings. The van der Waals surface area contributed by atoms with E-state index in [4.69, 9.17) is 9.47 Å². The van der Waals surface area contributed by atoms with Crippen molar-refractivity contribution in [3.63, 3.8) is 0 Å². The lowest BCUT2D eigenvalue weighted by Crippen LogP contribution is -2.17. The quantitative estimate of drug-likeness (QED) is 0.487. The molecule has 1 fully saturated rings. The van der Waals surface area contributed by atoms with Crippen molar-refractivity contribution in [3.05, 3.63) is 71.8 Å². The summed E-state index contributed by atoms with van der Waals surface area (Å²) in [5, 5.41) is 0. The van der Waals surface area contributed by atoms with Crippen LogP contribution in [0.4, 0.5) is 0 Å². The minimum absolute atomic E-state index is 0.313. The molecular weight excluding hydrogens is 256 g/mol. The van der Waals surface area contributed by atoms with Crippen molar-refractivity contribution in [2.75, 3.05) is 0 Å². The Morgan fingerprint density at radius 2 is 1.50 bits per heavy atom. The van der Waals surface area contributed by atoms with Gasteiger partial charge < -0.3 is 9.47 Å². The van der Waals surface area contributed by atoms with Crippen LogP contribution in [0.3, 0.4) is 0 Å². The van der Waals surface area contributed by atoms with E-state index in [2.05, 4.69) is 0 Å². The van der Waals surface area contributed by atoms with Gasteiger partial charge in [-0.15, -0.1) is 0 Å². The number of esters is 2. The second-order valence-corrected chi connectivity index (χ2v) is 4.46. The zero-order valence-corrected chi connectivity index (χ0v) is 10.6. The van der Waals surface area contributed by atoms with Crippen LogP contribution in [0.15, 0.2) is 60.7 Å². The highest BCUT2D eigenvalue weighted by molar-refractivity contribution is 5.98. The third kappa shape index (κ3) is 2.60. The number of benzene rings is 2. The van der Waals surface area contributed by atoms with Gasteiger partial charge in [-0.1, -0.05) is 48.5 Å². The maximum Gasteiger partial charge on any atom is 0.346 e.